The van der Waals surface area contributed by atoms with E-state index in [9.17, 15) is 4.79 Å². The maximum Gasteiger partial charge on any atom is 0.324 e. The Kier molecular flexibility index (Phi) is 3.79. The fourth-order valence-corrected chi connectivity index (χ4v) is 1.97. The Morgan fingerprint density at radius 2 is 1.65 bits per heavy atom. The lowest BCUT2D eigenvalue weighted by Crippen LogP contribution is -2.42. The molecule has 0 bridgehead atoms. The highest BCUT2D eigenvalue weighted by Crippen LogP contribution is 2.37. The molecule has 0 saturated carbocycles. The average molecular weight is 252 g/mol. The number of quaternary nitrogens is 1. The molecule has 0 atom stereocenters. The van der Waals surface area contributed by atoms with Crippen molar-refractivity contribution < 1.29 is 15.0 Å². The molecule has 1 aromatic carbocycles. The lowest BCUT2D eigenvalue weighted by molar-refractivity contribution is -0.254. The fraction of sp³-hybridized carbons (Fsp3) is 0.462. The Bertz CT molecular complexity index is 404. The molecule has 3 N–H and O–H groups in total. The molecule has 0 fully saturated rings. The van der Waals surface area contributed by atoms with E-state index >= 15 is 0 Å². The van der Waals surface area contributed by atoms with E-state index in [0.29, 0.717) is 5.56 Å². The van der Waals surface area contributed by atoms with Crippen LogP contribution >= 0.6 is 0 Å². The van der Waals surface area contributed by atoms with Gasteiger partial charge in [-0.2, -0.15) is 0 Å². The Labute approximate surface area is 104 Å². The second-order valence-electron chi connectivity index (χ2n) is 5.85. The normalized spacial score (nSPS) is 12.4. The number of carbonyl (C=O) groups excluding carboxylic acids is 1. The molecular formula is C13H22NO2Si+. The van der Waals surface area contributed by atoms with Crippen molar-refractivity contribution in [2.75, 3.05) is 0 Å². The van der Waals surface area contributed by atoms with Crippen molar-refractivity contribution in [1.82, 2.24) is 0 Å². The maximum atomic E-state index is 12.0. The van der Waals surface area contributed by atoms with Gasteiger partial charge in [-0.15, -0.1) is 0 Å². The van der Waals surface area contributed by atoms with Gasteiger partial charge in [-0.3, -0.25) is 0 Å². The lowest BCUT2D eigenvalue weighted by atomic mass is 10.2. The summed E-state index contributed by atoms with van der Waals surface area (Å²) >= 11 is 0. The first-order valence-corrected chi connectivity index (χ1v) is 8.70. The minimum Gasteiger partial charge on any atom is -0.516 e. The van der Waals surface area contributed by atoms with Crippen LogP contribution in [0.25, 0.3) is 0 Å². The maximum absolute atomic E-state index is 12.0. The average Bonchev–Trinajstić information content (AvgIpc) is 2.16. The van der Waals surface area contributed by atoms with Gasteiger partial charge in [0.1, 0.15) is 5.69 Å². The van der Waals surface area contributed by atoms with Crippen LogP contribution in [0.3, 0.4) is 0 Å². The van der Waals surface area contributed by atoms with E-state index in [1.165, 1.54) is 0 Å². The standard InChI is InChI=1S/C13H21NO2Si/c1-13(2,3)17(4,5)16-12(15)10-6-8-11(14)9-7-10/h6-9H,14H2,1-5H3/p+1. The van der Waals surface area contributed by atoms with E-state index < -0.39 is 8.32 Å². The van der Waals surface area contributed by atoms with Crippen LogP contribution in [0.15, 0.2) is 24.3 Å². The third-order valence-corrected chi connectivity index (χ3v) is 7.65. The highest BCUT2D eigenvalue weighted by Gasteiger charge is 2.40. The molecule has 0 spiro atoms. The van der Waals surface area contributed by atoms with E-state index in [0.717, 1.165) is 5.69 Å². The van der Waals surface area contributed by atoms with Crippen LogP contribution in [0.5, 0.6) is 0 Å². The second kappa shape index (κ2) is 4.62. The molecule has 0 aliphatic rings. The van der Waals surface area contributed by atoms with Crippen molar-refractivity contribution in [3.63, 3.8) is 0 Å². The Hall–Kier alpha value is -1.13. The third kappa shape index (κ3) is 3.41. The van der Waals surface area contributed by atoms with Gasteiger partial charge in [-0.25, -0.2) is 4.79 Å². The number of benzene rings is 1. The number of hydrogen-bond donors (Lipinski definition) is 1. The largest absolute Gasteiger partial charge is 0.516 e. The van der Waals surface area contributed by atoms with Gasteiger partial charge >= 0.3 is 5.97 Å². The van der Waals surface area contributed by atoms with Crippen LogP contribution in [0.1, 0.15) is 31.1 Å². The van der Waals surface area contributed by atoms with E-state index in [-0.39, 0.29) is 11.0 Å². The topological polar surface area (TPSA) is 53.9 Å². The first kappa shape index (κ1) is 13.9. The SMILES string of the molecule is CC(C)(C)[Si](C)(C)OC(=O)c1ccc([NH3+])cc1. The van der Waals surface area contributed by atoms with Gasteiger partial charge in [-0.05, 0) is 42.4 Å². The van der Waals surface area contributed by atoms with E-state index in [4.69, 9.17) is 4.43 Å². The van der Waals surface area contributed by atoms with Gasteiger partial charge in [0.2, 0.25) is 0 Å². The Morgan fingerprint density at radius 1 is 1.18 bits per heavy atom. The smallest absolute Gasteiger partial charge is 0.324 e. The van der Waals surface area contributed by atoms with Crippen LogP contribution in [0.2, 0.25) is 18.1 Å². The summed E-state index contributed by atoms with van der Waals surface area (Å²) in [6.45, 7) is 10.5. The molecule has 0 amide bonds. The van der Waals surface area contributed by atoms with E-state index in [1.807, 2.05) is 12.1 Å². The molecule has 1 rings (SSSR count). The Balaban J connectivity index is 2.83. The zero-order valence-electron chi connectivity index (χ0n) is 11.3. The van der Waals surface area contributed by atoms with Gasteiger partial charge in [-0.1, -0.05) is 20.8 Å². The minimum atomic E-state index is -2.03. The van der Waals surface area contributed by atoms with Gasteiger partial charge in [0, 0.05) is 0 Å². The molecule has 0 aliphatic carbocycles. The quantitative estimate of drug-likeness (QED) is 0.823. The molecule has 0 aromatic heterocycles. The monoisotopic (exact) mass is 252 g/mol. The summed E-state index contributed by atoms with van der Waals surface area (Å²) in [5.41, 5.74) is 5.29. The van der Waals surface area contributed by atoms with Gasteiger partial charge < -0.3 is 10.2 Å². The zero-order chi connectivity index (χ0) is 13.3. The first-order chi connectivity index (χ1) is 7.63. The molecule has 94 valence electrons. The number of hydrogen-bond acceptors (Lipinski definition) is 2. The summed E-state index contributed by atoms with van der Waals surface area (Å²) in [5, 5.41) is 0.0366. The van der Waals surface area contributed by atoms with Gasteiger partial charge in [0.05, 0.1) is 5.56 Å². The Morgan fingerprint density at radius 3 is 2.06 bits per heavy atom. The molecule has 0 unspecified atom stereocenters. The third-order valence-electron chi connectivity index (χ3n) is 3.34. The summed E-state index contributed by atoms with van der Waals surface area (Å²) in [6, 6.07) is 7.17. The van der Waals surface area contributed by atoms with Gasteiger partial charge in [0.25, 0.3) is 8.32 Å². The van der Waals surface area contributed by atoms with Crippen LogP contribution < -0.4 is 5.73 Å². The summed E-state index contributed by atoms with van der Waals surface area (Å²) < 4.78 is 5.71. The summed E-state index contributed by atoms with van der Waals surface area (Å²) in [6.07, 6.45) is 0. The summed E-state index contributed by atoms with van der Waals surface area (Å²) in [4.78, 5) is 12.0. The predicted molar refractivity (Wildman–Crippen MR) is 71.6 cm³/mol. The van der Waals surface area contributed by atoms with Crippen LogP contribution in [-0.4, -0.2) is 14.3 Å². The van der Waals surface area contributed by atoms with Crippen LogP contribution in [0, 0.1) is 0 Å². The van der Waals surface area contributed by atoms with Gasteiger partial charge in [0.15, 0.2) is 0 Å². The molecule has 1 aromatic rings. The van der Waals surface area contributed by atoms with E-state index in [1.54, 1.807) is 12.1 Å². The molecule has 4 heteroatoms. The lowest BCUT2D eigenvalue weighted by Gasteiger charge is -2.35. The molecule has 0 saturated heterocycles. The molecule has 0 heterocycles. The minimum absolute atomic E-state index is 0.0366. The van der Waals surface area contributed by atoms with Crippen molar-refractivity contribution in [3.05, 3.63) is 29.8 Å². The first-order valence-electron chi connectivity index (χ1n) is 5.79. The fourth-order valence-electron chi connectivity index (χ4n) is 1.08. The molecule has 0 aliphatic heterocycles. The van der Waals surface area contributed by atoms with Crippen molar-refractivity contribution in [2.45, 2.75) is 38.9 Å². The summed E-state index contributed by atoms with van der Waals surface area (Å²) in [7, 11) is -2.03. The highest BCUT2D eigenvalue weighted by molar-refractivity contribution is 6.75. The zero-order valence-corrected chi connectivity index (χ0v) is 12.3. The number of rotatable bonds is 2. The van der Waals surface area contributed by atoms with Crippen LogP contribution in [-0.2, 0) is 4.43 Å². The van der Waals surface area contributed by atoms with E-state index in [2.05, 4.69) is 39.6 Å². The molecule has 17 heavy (non-hydrogen) atoms. The van der Waals surface area contributed by atoms with Crippen molar-refractivity contribution in [1.29, 1.82) is 0 Å². The van der Waals surface area contributed by atoms with Crippen molar-refractivity contribution >= 4 is 20.0 Å². The predicted octanol–water partition coefficient (Wildman–Crippen LogP) is 2.72. The van der Waals surface area contributed by atoms with Crippen molar-refractivity contribution in [3.8, 4) is 0 Å². The molecule has 3 nitrogen and oxygen atoms in total. The molecule has 0 radical (unpaired) electrons. The highest BCUT2D eigenvalue weighted by atomic mass is 28.4. The van der Waals surface area contributed by atoms with Crippen LogP contribution in [0.4, 0.5) is 5.69 Å². The number of carbonyl (C=O) groups is 1. The molecular weight excluding hydrogens is 230 g/mol. The van der Waals surface area contributed by atoms with Crippen molar-refractivity contribution in [2.24, 2.45) is 0 Å². The summed E-state index contributed by atoms with van der Waals surface area (Å²) in [5.74, 6) is -0.225. The second-order valence-corrected chi connectivity index (χ2v) is 10.6.